The van der Waals surface area contributed by atoms with Gasteiger partial charge in [-0.25, -0.2) is 4.98 Å². The second kappa shape index (κ2) is 7.92. The molecule has 28 heavy (non-hydrogen) atoms. The van der Waals surface area contributed by atoms with E-state index in [4.69, 9.17) is 16.1 Å². The number of nitrogens with one attached hydrogen (secondary N) is 1. The van der Waals surface area contributed by atoms with Gasteiger partial charge in [0.15, 0.2) is 0 Å². The minimum absolute atomic E-state index is 0.100. The van der Waals surface area contributed by atoms with Crippen molar-refractivity contribution >= 4 is 28.8 Å². The van der Waals surface area contributed by atoms with Crippen LogP contribution in [0.25, 0.3) is 22.6 Å². The quantitative estimate of drug-likeness (QED) is 0.513. The van der Waals surface area contributed by atoms with Gasteiger partial charge in [0, 0.05) is 28.1 Å². The smallest absolute Gasteiger partial charge is 0.316 e. The highest BCUT2D eigenvalue weighted by molar-refractivity contribution is 7.09. The Balaban J connectivity index is 1.50. The van der Waals surface area contributed by atoms with E-state index in [0.717, 1.165) is 27.4 Å². The molecule has 0 saturated heterocycles. The first-order valence-corrected chi connectivity index (χ1v) is 9.74. The van der Waals surface area contributed by atoms with Crippen LogP contribution in [0.15, 0.2) is 58.4 Å². The summed E-state index contributed by atoms with van der Waals surface area (Å²) in [7, 11) is 0. The highest BCUT2D eigenvalue weighted by atomic mass is 35.5. The van der Waals surface area contributed by atoms with Gasteiger partial charge in [-0.3, -0.25) is 4.79 Å². The third kappa shape index (κ3) is 3.95. The molecule has 0 saturated carbocycles. The van der Waals surface area contributed by atoms with E-state index in [1.54, 1.807) is 17.4 Å². The maximum Gasteiger partial charge on any atom is 0.316 e. The molecule has 1 amide bonds. The zero-order valence-corrected chi connectivity index (χ0v) is 16.4. The van der Waals surface area contributed by atoms with Crippen molar-refractivity contribution < 1.29 is 9.32 Å². The molecule has 2 heterocycles. The number of carbonyl (C=O) groups excluding carboxylic acids is 1. The molecule has 0 bridgehead atoms. The van der Waals surface area contributed by atoms with Crippen LogP contribution < -0.4 is 5.32 Å². The highest BCUT2D eigenvalue weighted by Gasteiger charge is 2.17. The highest BCUT2D eigenvalue weighted by Crippen LogP contribution is 2.26. The van der Waals surface area contributed by atoms with E-state index >= 15 is 0 Å². The van der Waals surface area contributed by atoms with Gasteiger partial charge in [-0.15, -0.1) is 11.3 Å². The number of amides is 1. The van der Waals surface area contributed by atoms with Crippen LogP contribution >= 0.6 is 22.9 Å². The average molecular weight is 411 g/mol. The summed E-state index contributed by atoms with van der Waals surface area (Å²) in [5, 5.41) is 10.2. The van der Waals surface area contributed by atoms with Gasteiger partial charge in [0.1, 0.15) is 0 Å². The molecule has 4 rings (SSSR count). The molecule has 2 aromatic carbocycles. The Kier molecular flexibility index (Phi) is 5.18. The summed E-state index contributed by atoms with van der Waals surface area (Å²) in [6.45, 7) is 2.24. The first-order valence-electron chi connectivity index (χ1n) is 8.48. The molecular formula is C20H15ClN4O2S. The van der Waals surface area contributed by atoms with Crippen molar-refractivity contribution in [2.24, 2.45) is 0 Å². The summed E-state index contributed by atoms with van der Waals surface area (Å²) < 4.78 is 5.13. The molecule has 0 unspecified atom stereocenters. The van der Waals surface area contributed by atoms with Crippen molar-refractivity contribution in [2.75, 3.05) is 0 Å². The second-order valence-electron chi connectivity index (χ2n) is 6.03. The van der Waals surface area contributed by atoms with Crippen LogP contribution in [-0.4, -0.2) is 21.0 Å². The number of halogens is 1. The maximum absolute atomic E-state index is 12.3. The SMILES string of the molecule is Cc1nc(-c2cccc(-c3noc(C(=O)NCc4ccccc4Cl)n3)c2)cs1. The van der Waals surface area contributed by atoms with Crippen LogP contribution in [0, 0.1) is 6.92 Å². The molecule has 8 heteroatoms. The monoisotopic (exact) mass is 410 g/mol. The summed E-state index contributed by atoms with van der Waals surface area (Å²) in [6.07, 6.45) is 0. The predicted molar refractivity (Wildman–Crippen MR) is 108 cm³/mol. The third-order valence-electron chi connectivity index (χ3n) is 4.05. The Morgan fingerprint density at radius 1 is 1.14 bits per heavy atom. The first-order chi connectivity index (χ1) is 13.6. The van der Waals surface area contributed by atoms with Crippen molar-refractivity contribution in [3.8, 4) is 22.6 Å². The van der Waals surface area contributed by atoms with E-state index in [0.29, 0.717) is 10.8 Å². The summed E-state index contributed by atoms with van der Waals surface area (Å²) >= 11 is 7.69. The van der Waals surface area contributed by atoms with Gasteiger partial charge in [0.05, 0.1) is 10.7 Å². The zero-order valence-electron chi connectivity index (χ0n) is 14.8. The zero-order chi connectivity index (χ0) is 19.5. The molecule has 0 radical (unpaired) electrons. The van der Waals surface area contributed by atoms with Crippen LogP contribution in [-0.2, 0) is 6.54 Å². The van der Waals surface area contributed by atoms with Crippen molar-refractivity contribution in [1.29, 1.82) is 0 Å². The number of aromatic nitrogens is 3. The Labute approximate surface area is 170 Å². The number of thiazole rings is 1. The van der Waals surface area contributed by atoms with Crippen molar-refractivity contribution in [3.63, 3.8) is 0 Å². The lowest BCUT2D eigenvalue weighted by molar-refractivity contribution is 0.0907. The molecule has 4 aromatic rings. The molecule has 1 N–H and O–H groups in total. The fourth-order valence-electron chi connectivity index (χ4n) is 2.64. The van der Waals surface area contributed by atoms with Crippen molar-refractivity contribution in [2.45, 2.75) is 13.5 Å². The Morgan fingerprint density at radius 2 is 1.96 bits per heavy atom. The van der Waals surface area contributed by atoms with Gasteiger partial charge in [-0.1, -0.05) is 53.2 Å². The number of aryl methyl sites for hydroxylation is 1. The molecule has 2 aromatic heterocycles. The maximum atomic E-state index is 12.3. The van der Waals surface area contributed by atoms with E-state index in [9.17, 15) is 4.79 Å². The molecule has 0 fully saturated rings. The van der Waals surface area contributed by atoms with Gasteiger partial charge < -0.3 is 9.84 Å². The standard InChI is InChI=1S/C20H15ClN4O2S/c1-12-23-17(11-28-12)13-6-4-7-14(9-13)18-24-20(27-25-18)19(26)22-10-15-5-2-3-8-16(15)21/h2-9,11H,10H2,1H3,(H,22,26). The number of nitrogens with zero attached hydrogens (tertiary/aromatic N) is 3. The molecule has 0 aliphatic heterocycles. The summed E-state index contributed by atoms with van der Waals surface area (Å²) in [5.74, 6) is -0.210. The lowest BCUT2D eigenvalue weighted by atomic mass is 10.1. The second-order valence-corrected chi connectivity index (χ2v) is 7.50. The molecule has 0 aliphatic carbocycles. The lowest BCUT2D eigenvalue weighted by Gasteiger charge is -2.04. The van der Waals surface area contributed by atoms with Gasteiger partial charge in [-0.2, -0.15) is 4.98 Å². The third-order valence-corrected chi connectivity index (χ3v) is 5.20. The van der Waals surface area contributed by atoms with E-state index in [-0.39, 0.29) is 12.4 Å². The van der Waals surface area contributed by atoms with E-state index in [1.807, 2.05) is 54.8 Å². The number of hydrogen-bond acceptors (Lipinski definition) is 6. The van der Waals surface area contributed by atoms with Crippen LogP contribution in [0.3, 0.4) is 0 Å². The molecule has 0 atom stereocenters. The van der Waals surface area contributed by atoms with Gasteiger partial charge in [0.2, 0.25) is 5.82 Å². The van der Waals surface area contributed by atoms with E-state index in [2.05, 4.69) is 20.4 Å². The first kappa shape index (κ1) is 18.3. The van der Waals surface area contributed by atoms with Crippen LogP contribution in [0.4, 0.5) is 0 Å². The van der Waals surface area contributed by atoms with Crippen molar-refractivity contribution in [3.05, 3.63) is 75.4 Å². The van der Waals surface area contributed by atoms with Crippen LogP contribution in [0.1, 0.15) is 21.3 Å². The minimum atomic E-state index is -0.454. The van der Waals surface area contributed by atoms with E-state index in [1.165, 1.54) is 0 Å². The molecule has 140 valence electrons. The van der Waals surface area contributed by atoms with Crippen molar-refractivity contribution in [1.82, 2.24) is 20.4 Å². The van der Waals surface area contributed by atoms with Gasteiger partial charge in [-0.05, 0) is 24.6 Å². The summed E-state index contributed by atoms with van der Waals surface area (Å²) in [4.78, 5) is 21.0. The molecule has 6 nitrogen and oxygen atoms in total. The van der Waals surface area contributed by atoms with Gasteiger partial charge >= 0.3 is 11.8 Å². The Hall–Kier alpha value is -3.03. The van der Waals surface area contributed by atoms with Gasteiger partial charge in [0.25, 0.3) is 0 Å². The predicted octanol–water partition coefficient (Wildman–Crippen LogP) is 4.75. The normalized spacial score (nSPS) is 10.8. The Morgan fingerprint density at radius 3 is 2.75 bits per heavy atom. The van der Waals surface area contributed by atoms with Crippen LogP contribution in [0.2, 0.25) is 5.02 Å². The summed E-state index contributed by atoms with van der Waals surface area (Å²) in [6, 6.07) is 14.9. The molecular weight excluding hydrogens is 396 g/mol. The number of rotatable bonds is 5. The Bertz CT molecular complexity index is 1140. The summed E-state index contributed by atoms with van der Waals surface area (Å²) in [5.41, 5.74) is 3.41. The molecule has 0 spiro atoms. The lowest BCUT2D eigenvalue weighted by Crippen LogP contribution is -2.23. The van der Waals surface area contributed by atoms with Crippen LogP contribution in [0.5, 0.6) is 0 Å². The molecule has 0 aliphatic rings. The average Bonchev–Trinajstić information content (AvgIpc) is 3.37. The number of hydrogen-bond donors (Lipinski definition) is 1. The number of benzene rings is 2. The number of carbonyl (C=O) groups is 1. The van der Waals surface area contributed by atoms with E-state index < -0.39 is 5.91 Å². The topological polar surface area (TPSA) is 80.9 Å². The fourth-order valence-corrected chi connectivity index (χ4v) is 3.46. The fraction of sp³-hybridized carbons (Fsp3) is 0.100. The largest absolute Gasteiger partial charge is 0.344 e. The minimum Gasteiger partial charge on any atom is -0.344 e.